The van der Waals surface area contributed by atoms with E-state index in [-0.39, 0.29) is 11.9 Å². The summed E-state index contributed by atoms with van der Waals surface area (Å²) in [4.78, 5) is 0. The van der Waals surface area contributed by atoms with Crippen molar-refractivity contribution in [3.63, 3.8) is 0 Å². The molecule has 0 aromatic heterocycles. The minimum absolute atomic E-state index is 0.210. The van der Waals surface area contributed by atoms with Gasteiger partial charge in [-0.1, -0.05) is 34.1 Å². The van der Waals surface area contributed by atoms with Crippen LogP contribution in [0.3, 0.4) is 0 Å². The first-order valence-corrected chi connectivity index (χ1v) is 6.56. The summed E-state index contributed by atoms with van der Waals surface area (Å²) in [7, 11) is 0. The summed E-state index contributed by atoms with van der Waals surface area (Å²) in [6, 6.07) is 10.8. The monoisotopic (exact) mass is 307 g/mol. The molecule has 2 aromatic carbocycles. The fourth-order valence-corrected chi connectivity index (χ4v) is 2.45. The second-order valence-corrected chi connectivity index (χ2v) is 5.40. The first-order chi connectivity index (χ1) is 8.49. The normalized spacial score (nSPS) is 12.5. The lowest BCUT2D eigenvalue weighted by Gasteiger charge is -2.16. The van der Waals surface area contributed by atoms with Crippen molar-refractivity contribution >= 4 is 15.9 Å². The number of rotatable bonds is 2. The van der Waals surface area contributed by atoms with E-state index in [1.807, 2.05) is 31.2 Å². The number of nitrogens with two attached hydrogens (primary N) is 1. The van der Waals surface area contributed by atoms with Crippen molar-refractivity contribution in [1.82, 2.24) is 0 Å². The SMILES string of the molecule is Cc1ccc(C(N)c2ccc(Br)cc2C)cc1F. The molecule has 0 aliphatic carbocycles. The molecule has 0 heterocycles. The standard InChI is InChI=1S/C15H15BrFN/c1-9-3-4-11(8-14(9)17)15(18)13-6-5-12(16)7-10(13)2/h3-8,15H,18H2,1-2H3. The molecule has 1 atom stereocenters. The van der Waals surface area contributed by atoms with Gasteiger partial charge >= 0.3 is 0 Å². The third-order valence-electron chi connectivity index (χ3n) is 3.12. The molecule has 1 nitrogen and oxygen atoms in total. The molecular weight excluding hydrogens is 293 g/mol. The summed E-state index contributed by atoms with van der Waals surface area (Å²) >= 11 is 3.42. The summed E-state index contributed by atoms with van der Waals surface area (Å²) < 4.78 is 14.6. The number of aryl methyl sites for hydroxylation is 2. The van der Waals surface area contributed by atoms with E-state index >= 15 is 0 Å². The lowest BCUT2D eigenvalue weighted by atomic mass is 9.95. The highest BCUT2D eigenvalue weighted by Gasteiger charge is 2.12. The molecule has 2 aromatic rings. The van der Waals surface area contributed by atoms with Gasteiger partial charge in [-0.25, -0.2) is 4.39 Å². The van der Waals surface area contributed by atoms with Crippen molar-refractivity contribution in [2.24, 2.45) is 5.73 Å². The highest BCUT2D eigenvalue weighted by molar-refractivity contribution is 9.10. The van der Waals surface area contributed by atoms with Crippen molar-refractivity contribution in [1.29, 1.82) is 0 Å². The Labute approximate surface area is 115 Å². The van der Waals surface area contributed by atoms with Crippen LogP contribution in [-0.4, -0.2) is 0 Å². The average Bonchev–Trinajstić information content (AvgIpc) is 2.32. The molecule has 0 fully saturated rings. The van der Waals surface area contributed by atoms with Crippen molar-refractivity contribution in [3.8, 4) is 0 Å². The van der Waals surface area contributed by atoms with Gasteiger partial charge in [0.1, 0.15) is 5.82 Å². The molecule has 0 bridgehead atoms. The Kier molecular flexibility index (Phi) is 3.83. The fourth-order valence-electron chi connectivity index (χ4n) is 1.97. The molecule has 0 aliphatic rings. The Bertz CT molecular complexity index is 581. The van der Waals surface area contributed by atoms with E-state index in [9.17, 15) is 4.39 Å². The van der Waals surface area contributed by atoms with E-state index in [1.54, 1.807) is 13.0 Å². The Morgan fingerprint density at radius 3 is 2.39 bits per heavy atom. The molecule has 94 valence electrons. The van der Waals surface area contributed by atoms with Crippen LogP contribution in [0.15, 0.2) is 40.9 Å². The number of benzene rings is 2. The van der Waals surface area contributed by atoms with E-state index in [4.69, 9.17) is 5.73 Å². The van der Waals surface area contributed by atoms with Gasteiger partial charge in [-0.3, -0.25) is 0 Å². The lowest BCUT2D eigenvalue weighted by Crippen LogP contribution is -2.13. The predicted octanol–water partition coefficient (Wildman–Crippen LogP) is 4.25. The van der Waals surface area contributed by atoms with Crippen molar-refractivity contribution in [2.45, 2.75) is 19.9 Å². The molecule has 2 rings (SSSR count). The molecule has 0 spiro atoms. The van der Waals surface area contributed by atoms with Crippen LogP contribution in [0, 0.1) is 19.7 Å². The van der Waals surface area contributed by atoms with Gasteiger partial charge in [-0.2, -0.15) is 0 Å². The quantitative estimate of drug-likeness (QED) is 0.881. The predicted molar refractivity (Wildman–Crippen MR) is 76.0 cm³/mol. The van der Waals surface area contributed by atoms with Crippen LogP contribution >= 0.6 is 15.9 Å². The van der Waals surface area contributed by atoms with Crippen molar-refractivity contribution in [2.75, 3.05) is 0 Å². The summed E-state index contributed by atoms with van der Waals surface area (Å²) in [5.74, 6) is -0.210. The van der Waals surface area contributed by atoms with Gasteiger partial charge in [-0.15, -0.1) is 0 Å². The summed E-state index contributed by atoms with van der Waals surface area (Å²) in [6.07, 6.45) is 0. The van der Waals surface area contributed by atoms with Crippen LogP contribution in [0.2, 0.25) is 0 Å². The molecule has 0 saturated carbocycles. The van der Waals surface area contributed by atoms with Crippen molar-refractivity contribution in [3.05, 3.63) is 68.9 Å². The minimum atomic E-state index is -0.298. The molecular formula is C15H15BrFN. The molecule has 0 aliphatic heterocycles. The lowest BCUT2D eigenvalue weighted by molar-refractivity contribution is 0.614. The van der Waals surface area contributed by atoms with Crippen LogP contribution in [0.5, 0.6) is 0 Å². The zero-order valence-electron chi connectivity index (χ0n) is 10.4. The van der Waals surface area contributed by atoms with Gasteiger partial charge in [0.2, 0.25) is 0 Å². The van der Waals surface area contributed by atoms with Crippen molar-refractivity contribution < 1.29 is 4.39 Å². The van der Waals surface area contributed by atoms with Gasteiger partial charge in [0.15, 0.2) is 0 Å². The Morgan fingerprint density at radius 1 is 1.06 bits per heavy atom. The fraction of sp³-hybridized carbons (Fsp3) is 0.200. The van der Waals surface area contributed by atoms with E-state index in [1.165, 1.54) is 6.07 Å². The van der Waals surface area contributed by atoms with Gasteiger partial charge in [0.05, 0.1) is 6.04 Å². The van der Waals surface area contributed by atoms with Gasteiger partial charge in [-0.05, 0) is 54.3 Å². The largest absolute Gasteiger partial charge is 0.320 e. The third kappa shape index (κ3) is 2.62. The van der Waals surface area contributed by atoms with Crippen LogP contribution in [0.4, 0.5) is 4.39 Å². The first kappa shape index (κ1) is 13.2. The zero-order valence-corrected chi connectivity index (χ0v) is 12.0. The Balaban J connectivity index is 2.41. The molecule has 0 amide bonds. The second-order valence-electron chi connectivity index (χ2n) is 4.49. The smallest absolute Gasteiger partial charge is 0.126 e. The van der Waals surface area contributed by atoms with Crippen LogP contribution < -0.4 is 5.73 Å². The van der Waals surface area contributed by atoms with E-state index in [0.717, 1.165) is 21.2 Å². The van der Waals surface area contributed by atoms with Gasteiger partial charge in [0, 0.05) is 4.47 Å². The topological polar surface area (TPSA) is 26.0 Å². The zero-order chi connectivity index (χ0) is 13.3. The van der Waals surface area contributed by atoms with E-state index in [0.29, 0.717) is 5.56 Å². The maximum Gasteiger partial charge on any atom is 0.126 e. The van der Waals surface area contributed by atoms with Crippen LogP contribution in [0.25, 0.3) is 0 Å². The van der Waals surface area contributed by atoms with Gasteiger partial charge < -0.3 is 5.73 Å². The molecule has 0 radical (unpaired) electrons. The van der Waals surface area contributed by atoms with E-state index < -0.39 is 0 Å². The van der Waals surface area contributed by atoms with E-state index in [2.05, 4.69) is 15.9 Å². The highest BCUT2D eigenvalue weighted by atomic mass is 79.9. The molecule has 18 heavy (non-hydrogen) atoms. The number of halogens is 2. The van der Waals surface area contributed by atoms with Crippen LogP contribution in [-0.2, 0) is 0 Å². The number of hydrogen-bond acceptors (Lipinski definition) is 1. The summed E-state index contributed by atoms with van der Waals surface area (Å²) in [5, 5.41) is 0. The van der Waals surface area contributed by atoms with Crippen LogP contribution in [0.1, 0.15) is 28.3 Å². The van der Waals surface area contributed by atoms with Gasteiger partial charge in [0.25, 0.3) is 0 Å². The second kappa shape index (κ2) is 5.21. The highest BCUT2D eigenvalue weighted by Crippen LogP contribution is 2.26. The Morgan fingerprint density at radius 2 is 1.78 bits per heavy atom. The summed E-state index contributed by atoms with van der Waals surface area (Å²) in [6.45, 7) is 3.75. The molecule has 2 N–H and O–H groups in total. The maximum atomic E-state index is 13.6. The third-order valence-corrected chi connectivity index (χ3v) is 3.62. The molecule has 0 saturated heterocycles. The minimum Gasteiger partial charge on any atom is -0.320 e. The molecule has 1 unspecified atom stereocenters. The summed E-state index contributed by atoms with van der Waals surface area (Å²) in [5.41, 5.74) is 9.75. The Hall–Kier alpha value is -1.19. The first-order valence-electron chi connectivity index (χ1n) is 5.76. The number of hydrogen-bond donors (Lipinski definition) is 1. The average molecular weight is 308 g/mol. The maximum absolute atomic E-state index is 13.6. The molecule has 3 heteroatoms.